The Bertz CT molecular complexity index is 974. The normalized spacial score (nSPS) is 14.9. The molecule has 0 aliphatic heterocycles. The molecule has 2 aromatic rings. The highest BCUT2D eigenvalue weighted by molar-refractivity contribution is 5.89. The molecular weight excluding hydrogens is 412 g/mol. The Balaban J connectivity index is 1.66. The summed E-state index contributed by atoms with van der Waals surface area (Å²) in [6, 6.07) is 13.2. The highest BCUT2D eigenvalue weighted by Crippen LogP contribution is 2.44. The van der Waals surface area contributed by atoms with Gasteiger partial charge in [0.2, 0.25) is 5.91 Å². The average molecular weight is 438 g/mol. The van der Waals surface area contributed by atoms with E-state index in [0.29, 0.717) is 0 Å². The van der Waals surface area contributed by atoms with E-state index in [2.05, 4.69) is 17.2 Å². The first-order valence-corrected chi connectivity index (χ1v) is 10.3. The molecule has 0 bridgehead atoms. The van der Waals surface area contributed by atoms with Crippen molar-refractivity contribution in [3.8, 4) is 11.1 Å². The van der Waals surface area contributed by atoms with E-state index >= 15 is 0 Å². The second-order valence-electron chi connectivity index (χ2n) is 7.61. The zero-order chi connectivity index (χ0) is 23.3. The number of hydrogen-bond donors (Lipinski definition) is 4. The van der Waals surface area contributed by atoms with Gasteiger partial charge in [-0.1, -0.05) is 54.6 Å². The van der Waals surface area contributed by atoms with E-state index in [9.17, 15) is 19.5 Å². The fraction of sp³-hybridized carbons (Fsp3) is 0.292. The molecule has 0 saturated carbocycles. The van der Waals surface area contributed by atoms with E-state index in [4.69, 9.17) is 9.84 Å². The SMILES string of the molecule is C=CC[C@H](NC(=O)OCC1c2ccccc2-c2ccccc21)C(=O)N[C@H](C(=O)O)C(C)O. The molecule has 3 atom stereocenters. The number of nitrogens with one attached hydrogen (secondary N) is 2. The topological polar surface area (TPSA) is 125 Å². The summed E-state index contributed by atoms with van der Waals surface area (Å²) in [6.07, 6.45) is -0.637. The van der Waals surface area contributed by atoms with Gasteiger partial charge in [0.15, 0.2) is 6.04 Å². The van der Waals surface area contributed by atoms with E-state index in [0.717, 1.165) is 22.3 Å². The van der Waals surface area contributed by atoms with Crippen molar-refractivity contribution in [1.29, 1.82) is 0 Å². The van der Waals surface area contributed by atoms with Crippen molar-refractivity contribution in [3.63, 3.8) is 0 Å². The zero-order valence-corrected chi connectivity index (χ0v) is 17.7. The number of aliphatic hydroxyl groups is 1. The van der Waals surface area contributed by atoms with Crippen LogP contribution in [0.1, 0.15) is 30.4 Å². The second kappa shape index (κ2) is 10.1. The third-order valence-corrected chi connectivity index (χ3v) is 5.40. The molecule has 1 aliphatic carbocycles. The van der Waals surface area contributed by atoms with Crippen molar-refractivity contribution in [2.24, 2.45) is 0 Å². The molecule has 2 aromatic carbocycles. The molecule has 0 aromatic heterocycles. The molecule has 0 heterocycles. The van der Waals surface area contributed by atoms with Gasteiger partial charge in [0.25, 0.3) is 0 Å². The van der Waals surface area contributed by atoms with Gasteiger partial charge in [0.05, 0.1) is 6.10 Å². The Morgan fingerprint density at radius 3 is 2.12 bits per heavy atom. The Kier molecular flexibility index (Phi) is 7.27. The highest BCUT2D eigenvalue weighted by Gasteiger charge is 2.31. The fourth-order valence-electron chi connectivity index (χ4n) is 3.82. The minimum Gasteiger partial charge on any atom is -0.480 e. The number of benzene rings is 2. The van der Waals surface area contributed by atoms with Gasteiger partial charge in [0, 0.05) is 5.92 Å². The van der Waals surface area contributed by atoms with Gasteiger partial charge < -0.3 is 25.6 Å². The van der Waals surface area contributed by atoms with Gasteiger partial charge in [-0.25, -0.2) is 9.59 Å². The number of aliphatic carboxylic acids is 1. The number of carboxylic acids is 1. The highest BCUT2D eigenvalue weighted by atomic mass is 16.5. The number of carboxylic acid groups (broad SMARTS) is 1. The summed E-state index contributed by atoms with van der Waals surface area (Å²) >= 11 is 0. The summed E-state index contributed by atoms with van der Waals surface area (Å²) in [7, 11) is 0. The standard InChI is InChI=1S/C24H26N2O6/c1-3-8-20(22(28)26-21(14(2)27)23(29)30)25-24(31)32-13-19-17-11-6-4-9-15(17)16-10-5-7-12-18(16)19/h3-7,9-12,14,19-21,27H,1,8,13H2,2H3,(H,25,31)(H,26,28)(H,29,30)/t14?,20-,21-/m0/s1. The molecule has 2 amide bonds. The van der Waals surface area contributed by atoms with Crippen molar-refractivity contribution in [3.05, 3.63) is 72.3 Å². The van der Waals surface area contributed by atoms with Crippen LogP contribution in [0.2, 0.25) is 0 Å². The van der Waals surface area contributed by atoms with Crippen LogP contribution in [0.15, 0.2) is 61.2 Å². The lowest BCUT2D eigenvalue weighted by Gasteiger charge is -2.22. The average Bonchev–Trinajstić information content (AvgIpc) is 3.09. The first-order chi connectivity index (χ1) is 15.3. The smallest absolute Gasteiger partial charge is 0.407 e. The molecule has 3 rings (SSSR count). The van der Waals surface area contributed by atoms with E-state index in [1.807, 2.05) is 48.5 Å². The summed E-state index contributed by atoms with van der Waals surface area (Å²) in [4.78, 5) is 36.1. The third kappa shape index (κ3) is 4.97. The number of fused-ring (bicyclic) bond motifs is 3. The molecule has 0 spiro atoms. The molecule has 168 valence electrons. The number of amides is 2. The van der Waals surface area contributed by atoms with Gasteiger partial charge in [-0.05, 0) is 35.6 Å². The Labute approximate surface area is 185 Å². The summed E-state index contributed by atoms with van der Waals surface area (Å²) < 4.78 is 5.44. The van der Waals surface area contributed by atoms with Crippen molar-refractivity contribution in [1.82, 2.24) is 10.6 Å². The summed E-state index contributed by atoms with van der Waals surface area (Å²) in [5.74, 6) is -2.27. The van der Waals surface area contributed by atoms with Crippen LogP contribution >= 0.6 is 0 Å². The molecule has 0 radical (unpaired) electrons. The maximum absolute atomic E-state index is 12.5. The predicted octanol–water partition coefficient (Wildman–Crippen LogP) is 2.42. The summed E-state index contributed by atoms with van der Waals surface area (Å²) in [6.45, 7) is 4.89. The van der Waals surface area contributed by atoms with Crippen molar-refractivity contribution in [2.75, 3.05) is 6.61 Å². The van der Waals surface area contributed by atoms with Gasteiger partial charge in [-0.3, -0.25) is 4.79 Å². The largest absolute Gasteiger partial charge is 0.480 e. The molecule has 0 saturated heterocycles. The molecule has 1 aliphatic rings. The number of aliphatic hydroxyl groups excluding tert-OH is 1. The predicted molar refractivity (Wildman–Crippen MR) is 118 cm³/mol. The quantitative estimate of drug-likeness (QED) is 0.446. The first kappa shape index (κ1) is 23.0. The minimum absolute atomic E-state index is 0.0577. The maximum Gasteiger partial charge on any atom is 0.407 e. The lowest BCUT2D eigenvalue weighted by atomic mass is 9.98. The van der Waals surface area contributed by atoms with Gasteiger partial charge in [-0.15, -0.1) is 6.58 Å². The number of carbonyl (C=O) groups is 3. The van der Waals surface area contributed by atoms with Crippen LogP contribution < -0.4 is 10.6 Å². The van der Waals surface area contributed by atoms with E-state index < -0.39 is 36.2 Å². The monoisotopic (exact) mass is 438 g/mol. The fourth-order valence-corrected chi connectivity index (χ4v) is 3.82. The lowest BCUT2D eigenvalue weighted by Crippen LogP contribution is -2.54. The van der Waals surface area contributed by atoms with Crippen LogP contribution in [0.4, 0.5) is 4.79 Å². The van der Waals surface area contributed by atoms with Gasteiger partial charge in [0.1, 0.15) is 12.6 Å². The van der Waals surface area contributed by atoms with Gasteiger partial charge in [-0.2, -0.15) is 0 Å². The first-order valence-electron chi connectivity index (χ1n) is 10.3. The van der Waals surface area contributed by atoms with Crippen LogP contribution in [-0.4, -0.2) is 53.0 Å². The van der Waals surface area contributed by atoms with E-state index in [1.54, 1.807) is 0 Å². The maximum atomic E-state index is 12.5. The summed E-state index contributed by atoms with van der Waals surface area (Å²) in [5.41, 5.74) is 4.31. The summed E-state index contributed by atoms with van der Waals surface area (Å²) in [5, 5.41) is 23.4. The molecule has 32 heavy (non-hydrogen) atoms. The lowest BCUT2D eigenvalue weighted by molar-refractivity contribution is -0.145. The van der Waals surface area contributed by atoms with E-state index in [1.165, 1.54) is 13.0 Å². The molecule has 8 heteroatoms. The molecule has 0 fully saturated rings. The second-order valence-corrected chi connectivity index (χ2v) is 7.61. The Hall–Kier alpha value is -3.65. The van der Waals surface area contributed by atoms with Crippen molar-refractivity contribution < 1.29 is 29.3 Å². The number of rotatable bonds is 9. The van der Waals surface area contributed by atoms with Crippen LogP contribution in [-0.2, 0) is 14.3 Å². The molecule has 1 unspecified atom stereocenters. The van der Waals surface area contributed by atoms with E-state index in [-0.39, 0.29) is 18.9 Å². The third-order valence-electron chi connectivity index (χ3n) is 5.40. The Morgan fingerprint density at radius 2 is 1.62 bits per heavy atom. The number of hydrogen-bond acceptors (Lipinski definition) is 5. The van der Waals surface area contributed by atoms with Gasteiger partial charge >= 0.3 is 12.1 Å². The minimum atomic E-state index is -1.50. The zero-order valence-electron chi connectivity index (χ0n) is 17.7. The van der Waals surface area contributed by atoms with Crippen molar-refractivity contribution >= 4 is 18.0 Å². The number of alkyl carbamates (subject to hydrolysis) is 1. The molecular formula is C24H26N2O6. The number of ether oxygens (including phenoxy) is 1. The van der Waals surface area contributed by atoms with Crippen LogP contribution in [0.3, 0.4) is 0 Å². The number of carbonyl (C=O) groups excluding carboxylic acids is 2. The molecule has 8 nitrogen and oxygen atoms in total. The Morgan fingerprint density at radius 1 is 1.06 bits per heavy atom. The van der Waals surface area contributed by atoms with Crippen LogP contribution in [0.25, 0.3) is 11.1 Å². The van der Waals surface area contributed by atoms with Crippen LogP contribution in [0.5, 0.6) is 0 Å². The molecule has 4 N–H and O–H groups in total. The van der Waals surface area contributed by atoms with Crippen molar-refractivity contribution in [2.45, 2.75) is 37.5 Å². The van der Waals surface area contributed by atoms with Crippen LogP contribution in [0, 0.1) is 0 Å².